The summed E-state index contributed by atoms with van der Waals surface area (Å²) in [6.45, 7) is 2.42. The molecule has 0 aromatic heterocycles. The first kappa shape index (κ1) is 17.2. The third kappa shape index (κ3) is 4.93. The highest BCUT2D eigenvalue weighted by molar-refractivity contribution is 7.84. The maximum atomic E-state index is 12.6. The number of nitrogens with zero attached hydrogens (tertiary/aromatic N) is 1. The number of hydrogen-bond donors (Lipinski definition) is 1. The van der Waals surface area contributed by atoms with Gasteiger partial charge in [-0.25, -0.2) is 4.79 Å². The highest BCUT2D eigenvalue weighted by atomic mass is 32.2. The van der Waals surface area contributed by atoms with Crippen LogP contribution in [0.4, 0.5) is 16.2 Å². The SMILES string of the molecule is C[C@H](CCNC(=O)N(c1ccccc1)c1ccccc1)[S@](C)=O. The molecule has 2 rings (SSSR count). The van der Waals surface area contributed by atoms with Crippen LogP contribution >= 0.6 is 0 Å². The summed E-state index contributed by atoms with van der Waals surface area (Å²) in [6.07, 6.45) is 2.37. The first-order valence-electron chi connectivity index (χ1n) is 7.60. The zero-order valence-electron chi connectivity index (χ0n) is 13.4. The number of carbonyl (C=O) groups is 1. The van der Waals surface area contributed by atoms with Gasteiger partial charge in [-0.2, -0.15) is 0 Å². The van der Waals surface area contributed by atoms with Gasteiger partial charge in [0.05, 0.1) is 11.4 Å². The summed E-state index contributed by atoms with van der Waals surface area (Å²) < 4.78 is 11.4. The van der Waals surface area contributed by atoms with Gasteiger partial charge in [-0.15, -0.1) is 0 Å². The third-order valence-corrected chi connectivity index (χ3v) is 4.99. The van der Waals surface area contributed by atoms with Crippen molar-refractivity contribution in [3.63, 3.8) is 0 Å². The molecule has 4 nitrogen and oxygen atoms in total. The van der Waals surface area contributed by atoms with Crippen LogP contribution in [0.25, 0.3) is 0 Å². The van der Waals surface area contributed by atoms with E-state index in [-0.39, 0.29) is 11.3 Å². The molecule has 0 aliphatic heterocycles. The van der Waals surface area contributed by atoms with Crippen molar-refractivity contribution in [1.29, 1.82) is 0 Å². The summed E-state index contributed by atoms with van der Waals surface area (Å²) in [5.41, 5.74) is 1.62. The van der Waals surface area contributed by atoms with Crippen LogP contribution in [0.15, 0.2) is 60.7 Å². The van der Waals surface area contributed by atoms with Crippen molar-refractivity contribution in [2.24, 2.45) is 0 Å². The Morgan fingerprint density at radius 2 is 1.52 bits per heavy atom. The van der Waals surface area contributed by atoms with Crippen LogP contribution in [0.2, 0.25) is 0 Å². The second-order valence-electron chi connectivity index (χ2n) is 5.34. The van der Waals surface area contributed by atoms with Crippen LogP contribution in [0.5, 0.6) is 0 Å². The molecular formula is C18H22N2O2S. The smallest absolute Gasteiger partial charge is 0.326 e. The maximum absolute atomic E-state index is 12.6. The van der Waals surface area contributed by atoms with Gasteiger partial charge < -0.3 is 5.32 Å². The second-order valence-corrected chi connectivity index (χ2v) is 7.14. The number of nitrogens with one attached hydrogen (secondary N) is 1. The standard InChI is InChI=1S/C18H22N2O2S/c1-15(23(2)22)13-14-19-18(21)20(16-9-5-3-6-10-16)17-11-7-4-8-12-17/h3-12,15H,13-14H2,1-2H3,(H,19,21)/t15-,23+/m1/s1. The molecule has 2 aromatic rings. The summed E-state index contributed by atoms with van der Waals surface area (Å²) in [4.78, 5) is 14.3. The molecule has 2 aromatic carbocycles. The van der Waals surface area contributed by atoms with Crippen molar-refractivity contribution in [2.45, 2.75) is 18.6 Å². The zero-order chi connectivity index (χ0) is 16.7. The number of rotatable bonds is 6. The van der Waals surface area contributed by atoms with Gasteiger partial charge in [0.2, 0.25) is 0 Å². The van der Waals surface area contributed by atoms with Gasteiger partial charge in [0.15, 0.2) is 0 Å². The van der Waals surface area contributed by atoms with Crippen molar-refractivity contribution in [2.75, 3.05) is 17.7 Å². The number of urea groups is 1. The van der Waals surface area contributed by atoms with Gasteiger partial charge in [0.1, 0.15) is 0 Å². The molecule has 2 atom stereocenters. The van der Waals surface area contributed by atoms with Crippen molar-refractivity contribution >= 4 is 28.2 Å². The summed E-state index contributed by atoms with van der Waals surface area (Å²) >= 11 is 0. The van der Waals surface area contributed by atoms with Gasteiger partial charge >= 0.3 is 6.03 Å². The number of carbonyl (C=O) groups excluding carboxylic acids is 1. The normalized spacial score (nSPS) is 13.1. The first-order chi connectivity index (χ1) is 11.1. The minimum Gasteiger partial charge on any atom is -0.337 e. The van der Waals surface area contributed by atoms with Crippen molar-refractivity contribution < 1.29 is 9.00 Å². The predicted molar refractivity (Wildman–Crippen MR) is 96.6 cm³/mol. The van der Waals surface area contributed by atoms with Crippen LogP contribution in [0.3, 0.4) is 0 Å². The topological polar surface area (TPSA) is 49.4 Å². The molecule has 0 bridgehead atoms. The Morgan fingerprint density at radius 1 is 1.04 bits per heavy atom. The largest absolute Gasteiger partial charge is 0.337 e. The van der Waals surface area contributed by atoms with E-state index in [1.165, 1.54) is 0 Å². The fraction of sp³-hybridized carbons (Fsp3) is 0.278. The highest BCUT2D eigenvalue weighted by Gasteiger charge is 2.17. The average molecular weight is 330 g/mol. The van der Waals surface area contributed by atoms with Gasteiger partial charge in [-0.3, -0.25) is 9.11 Å². The van der Waals surface area contributed by atoms with E-state index in [4.69, 9.17) is 0 Å². The quantitative estimate of drug-likeness (QED) is 0.878. The highest BCUT2D eigenvalue weighted by Crippen LogP contribution is 2.24. The monoisotopic (exact) mass is 330 g/mol. The summed E-state index contributed by atoms with van der Waals surface area (Å²) in [5, 5.41) is 2.98. The third-order valence-electron chi connectivity index (χ3n) is 3.63. The molecule has 0 aliphatic rings. The van der Waals surface area contributed by atoms with E-state index in [2.05, 4.69) is 5.32 Å². The molecule has 2 amide bonds. The Bertz CT molecular complexity index is 607. The van der Waals surface area contributed by atoms with Crippen LogP contribution in [0.1, 0.15) is 13.3 Å². The Balaban J connectivity index is 2.12. The minimum atomic E-state index is -0.873. The lowest BCUT2D eigenvalue weighted by molar-refractivity contribution is 0.248. The van der Waals surface area contributed by atoms with Gasteiger partial charge in [0, 0.05) is 28.9 Å². The molecule has 0 spiro atoms. The zero-order valence-corrected chi connectivity index (χ0v) is 14.3. The fourth-order valence-electron chi connectivity index (χ4n) is 2.17. The Kier molecular flexibility index (Phi) is 6.35. The number of amides is 2. The molecule has 122 valence electrons. The molecule has 5 heteroatoms. The van der Waals surface area contributed by atoms with E-state index < -0.39 is 10.8 Å². The molecule has 0 fully saturated rings. The van der Waals surface area contributed by atoms with Crippen molar-refractivity contribution in [3.8, 4) is 0 Å². The Hall–Kier alpha value is -2.14. The minimum absolute atomic E-state index is 0.0669. The summed E-state index contributed by atoms with van der Waals surface area (Å²) in [6, 6.07) is 18.9. The predicted octanol–water partition coefficient (Wildman–Crippen LogP) is 3.69. The molecule has 0 aliphatic carbocycles. The lowest BCUT2D eigenvalue weighted by Crippen LogP contribution is -2.38. The molecule has 0 saturated heterocycles. The van der Waals surface area contributed by atoms with E-state index >= 15 is 0 Å². The second kappa shape index (κ2) is 8.48. The Morgan fingerprint density at radius 3 is 1.96 bits per heavy atom. The van der Waals surface area contributed by atoms with E-state index in [9.17, 15) is 9.00 Å². The van der Waals surface area contributed by atoms with Gasteiger partial charge in [0.25, 0.3) is 0 Å². The Labute approximate surface area is 140 Å². The fourth-order valence-corrected chi connectivity index (χ4v) is 2.61. The molecule has 1 N–H and O–H groups in total. The lowest BCUT2D eigenvalue weighted by atomic mass is 10.2. The van der Waals surface area contributed by atoms with Crippen molar-refractivity contribution in [1.82, 2.24) is 5.32 Å². The molecule has 0 heterocycles. The first-order valence-corrected chi connectivity index (χ1v) is 9.22. The van der Waals surface area contributed by atoms with Gasteiger partial charge in [-0.05, 0) is 30.7 Å². The van der Waals surface area contributed by atoms with Crippen LogP contribution in [-0.2, 0) is 10.8 Å². The maximum Gasteiger partial charge on any atom is 0.326 e. The summed E-state index contributed by atoms with van der Waals surface area (Å²) in [7, 11) is -0.873. The van der Waals surface area contributed by atoms with E-state index in [0.717, 1.165) is 11.4 Å². The number of hydrogen-bond acceptors (Lipinski definition) is 2. The average Bonchev–Trinajstić information content (AvgIpc) is 2.57. The van der Waals surface area contributed by atoms with Crippen LogP contribution in [0, 0.1) is 0 Å². The van der Waals surface area contributed by atoms with E-state index in [0.29, 0.717) is 13.0 Å². The van der Waals surface area contributed by atoms with E-state index in [1.807, 2.05) is 67.6 Å². The molecular weight excluding hydrogens is 308 g/mol. The van der Waals surface area contributed by atoms with Crippen LogP contribution in [-0.4, -0.2) is 28.3 Å². The van der Waals surface area contributed by atoms with Crippen LogP contribution < -0.4 is 10.2 Å². The molecule has 0 radical (unpaired) electrons. The van der Waals surface area contributed by atoms with Gasteiger partial charge in [-0.1, -0.05) is 43.3 Å². The number of benzene rings is 2. The molecule has 23 heavy (non-hydrogen) atoms. The van der Waals surface area contributed by atoms with E-state index in [1.54, 1.807) is 11.2 Å². The number of anilines is 2. The molecule has 0 unspecified atom stereocenters. The molecule has 0 saturated carbocycles. The lowest BCUT2D eigenvalue weighted by Gasteiger charge is -2.23. The summed E-state index contributed by atoms with van der Waals surface area (Å²) in [5.74, 6) is 0. The van der Waals surface area contributed by atoms with Crippen molar-refractivity contribution in [3.05, 3.63) is 60.7 Å². The number of para-hydroxylation sites is 2.